The summed E-state index contributed by atoms with van der Waals surface area (Å²) < 4.78 is 0. The number of nitrogens with one attached hydrogen (secondary N) is 2. The van der Waals surface area contributed by atoms with Crippen LogP contribution in [0.5, 0.6) is 0 Å². The first-order valence-corrected chi connectivity index (χ1v) is 6.83. The zero-order chi connectivity index (χ0) is 13.9. The standard InChI is InChI=1S/C15H10N2O2S/c18-13-12-9-11(20-14(12)17-15(19)16-13)8-4-7-10-5-2-1-3-6-10/h1-3,5-6,9H,7H2,(H2,16,17,18,19). The van der Waals surface area contributed by atoms with E-state index in [4.69, 9.17) is 0 Å². The molecule has 5 heteroatoms. The number of hydrogen-bond acceptors (Lipinski definition) is 3. The van der Waals surface area contributed by atoms with Crippen molar-refractivity contribution in [3.05, 3.63) is 67.7 Å². The van der Waals surface area contributed by atoms with Gasteiger partial charge in [0.15, 0.2) is 0 Å². The van der Waals surface area contributed by atoms with Crippen LogP contribution in [0.1, 0.15) is 10.4 Å². The summed E-state index contributed by atoms with van der Waals surface area (Å²) in [7, 11) is 0. The summed E-state index contributed by atoms with van der Waals surface area (Å²) in [4.78, 5) is 28.9. The highest BCUT2D eigenvalue weighted by molar-refractivity contribution is 7.19. The van der Waals surface area contributed by atoms with Crippen LogP contribution in [0.4, 0.5) is 0 Å². The maximum absolute atomic E-state index is 11.6. The summed E-state index contributed by atoms with van der Waals surface area (Å²) in [6, 6.07) is 11.6. The maximum Gasteiger partial charge on any atom is 0.326 e. The number of fused-ring (bicyclic) bond motifs is 1. The predicted molar refractivity (Wildman–Crippen MR) is 80.1 cm³/mol. The fourth-order valence-electron chi connectivity index (χ4n) is 1.85. The van der Waals surface area contributed by atoms with E-state index < -0.39 is 5.69 Å². The number of aromatic nitrogens is 2. The van der Waals surface area contributed by atoms with Gasteiger partial charge in [-0.1, -0.05) is 42.2 Å². The van der Waals surface area contributed by atoms with Crippen LogP contribution in [0.15, 0.2) is 46.0 Å². The highest BCUT2D eigenvalue weighted by atomic mass is 32.1. The Morgan fingerprint density at radius 2 is 1.90 bits per heavy atom. The normalized spacial score (nSPS) is 10.2. The van der Waals surface area contributed by atoms with Gasteiger partial charge in [0.2, 0.25) is 0 Å². The van der Waals surface area contributed by atoms with Gasteiger partial charge in [0.25, 0.3) is 5.56 Å². The van der Waals surface area contributed by atoms with Gasteiger partial charge in [-0.15, -0.1) is 11.3 Å². The second kappa shape index (κ2) is 5.19. The largest absolute Gasteiger partial charge is 0.326 e. The van der Waals surface area contributed by atoms with Crippen LogP contribution in [-0.2, 0) is 6.42 Å². The molecule has 0 bridgehead atoms. The van der Waals surface area contributed by atoms with E-state index in [1.54, 1.807) is 6.07 Å². The number of rotatable bonds is 1. The first-order valence-electron chi connectivity index (χ1n) is 6.01. The zero-order valence-electron chi connectivity index (χ0n) is 10.4. The van der Waals surface area contributed by atoms with Crippen molar-refractivity contribution in [3.63, 3.8) is 0 Å². The molecule has 0 aliphatic heterocycles. The first kappa shape index (κ1) is 12.5. The second-order valence-electron chi connectivity index (χ2n) is 4.23. The summed E-state index contributed by atoms with van der Waals surface area (Å²) in [5.74, 6) is 6.09. The molecule has 0 aliphatic rings. The van der Waals surface area contributed by atoms with E-state index in [1.807, 2.05) is 30.3 Å². The van der Waals surface area contributed by atoms with Gasteiger partial charge in [-0.05, 0) is 11.6 Å². The highest BCUT2D eigenvalue weighted by Gasteiger charge is 2.04. The molecule has 3 aromatic rings. The van der Waals surface area contributed by atoms with Gasteiger partial charge in [0.05, 0.1) is 10.3 Å². The lowest BCUT2D eigenvalue weighted by atomic mass is 10.2. The molecule has 0 radical (unpaired) electrons. The van der Waals surface area contributed by atoms with Crippen molar-refractivity contribution in [1.82, 2.24) is 9.97 Å². The van der Waals surface area contributed by atoms with Crippen LogP contribution >= 0.6 is 11.3 Å². The van der Waals surface area contributed by atoms with E-state index in [-0.39, 0.29) is 5.56 Å². The summed E-state index contributed by atoms with van der Waals surface area (Å²) in [6.07, 6.45) is 0.655. The molecule has 98 valence electrons. The average molecular weight is 282 g/mol. The summed E-state index contributed by atoms with van der Waals surface area (Å²) in [5, 5.41) is 0.471. The van der Waals surface area contributed by atoms with E-state index >= 15 is 0 Å². The second-order valence-corrected chi connectivity index (χ2v) is 5.28. The third-order valence-electron chi connectivity index (χ3n) is 2.78. The molecule has 2 N–H and O–H groups in total. The Kier molecular flexibility index (Phi) is 3.23. The van der Waals surface area contributed by atoms with E-state index in [0.29, 0.717) is 16.6 Å². The van der Waals surface area contributed by atoms with Crippen molar-refractivity contribution in [2.24, 2.45) is 0 Å². The van der Waals surface area contributed by atoms with E-state index in [1.165, 1.54) is 11.3 Å². The molecule has 0 atom stereocenters. The number of H-pyrrole nitrogens is 2. The summed E-state index contributed by atoms with van der Waals surface area (Å²) in [5.41, 5.74) is 0.275. The fraction of sp³-hybridized carbons (Fsp3) is 0.0667. The Labute approximate surface area is 118 Å². The Bertz CT molecular complexity index is 923. The van der Waals surface area contributed by atoms with Crippen LogP contribution in [-0.4, -0.2) is 9.97 Å². The van der Waals surface area contributed by atoms with Crippen molar-refractivity contribution in [2.45, 2.75) is 6.42 Å². The quantitative estimate of drug-likeness (QED) is 0.669. The molecule has 0 saturated heterocycles. The third kappa shape index (κ3) is 2.56. The Morgan fingerprint density at radius 3 is 2.70 bits per heavy atom. The lowest BCUT2D eigenvalue weighted by Gasteiger charge is -1.90. The van der Waals surface area contributed by atoms with Crippen LogP contribution in [0.2, 0.25) is 0 Å². The van der Waals surface area contributed by atoms with Gasteiger partial charge in [0, 0.05) is 6.42 Å². The van der Waals surface area contributed by atoms with E-state index in [2.05, 4.69) is 21.8 Å². The Hall–Kier alpha value is -2.58. The fourth-order valence-corrected chi connectivity index (χ4v) is 2.77. The van der Waals surface area contributed by atoms with Gasteiger partial charge in [0.1, 0.15) is 4.83 Å². The zero-order valence-corrected chi connectivity index (χ0v) is 11.2. The molecular weight excluding hydrogens is 272 g/mol. The topological polar surface area (TPSA) is 65.7 Å². The van der Waals surface area contributed by atoms with Gasteiger partial charge < -0.3 is 0 Å². The molecule has 1 aromatic carbocycles. The molecule has 20 heavy (non-hydrogen) atoms. The van der Waals surface area contributed by atoms with Crippen molar-refractivity contribution in [1.29, 1.82) is 0 Å². The average Bonchev–Trinajstić information content (AvgIpc) is 2.83. The molecule has 4 nitrogen and oxygen atoms in total. The van der Waals surface area contributed by atoms with E-state index in [0.717, 1.165) is 10.4 Å². The summed E-state index contributed by atoms with van der Waals surface area (Å²) in [6.45, 7) is 0. The molecule has 2 aromatic heterocycles. The van der Waals surface area contributed by atoms with Crippen LogP contribution < -0.4 is 11.2 Å². The lowest BCUT2D eigenvalue weighted by molar-refractivity contribution is 1.09. The minimum absolute atomic E-state index is 0.379. The Morgan fingerprint density at radius 1 is 1.10 bits per heavy atom. The van der Waals surface area contributed by atoms with Crippen molar-refractivity contribution >= 4 is 21.6 Å². The smallest absolute Gasteiger partial charge is 0.298 e. The lowest BCUT2D eigenvalue weighted by Crippen LogP contribution is -2.20. The molecule has 0 fully saturated rings. The molecule has 2 heterocycles. The highest BCUT2D eigenvalue weighted by Crippen LogP contribution is 2.18. The van der Waals surface area contributed by atoms with Gasteiger partial charge in [-0.2, -0.15) is 0 Å². The first-order chi connectivity index (χ1) is 9.72. The van der Waals surface area contributed by atoms with Crippen molar-refractivity contribution < 1.29 is 0 Å². The number of benzene rings is 1. The van der Waals surface area contributed by atoms with Gasteiger partial charge >= 0.3 is 5.69 Å². The number of aromatic amines is 2. The molecule has 0 saturated carbocycles. The van der Waals surface area contributed by atoms with Crippen molar-refractivity contribution in [2.75, 3.05) is 0 Å². The number of hydrogen-bond donors (Lipinski definition) is 2. The van der Waals surface area contributed by atoms with Crippen LogP contribution in [0.3, 0.4) is 0 Å². The molecule has 0 aliphatic carbocycles. The monoisotopic (exact) mass is 282 g/mol. The molecule has 0 amide bonds. The molecule has 0 spiro atoms. The van der Waals surface area contributed by atoms with Crippen molar-refractivity contribution in [3.8, 4) is 11.8 Å². The number of thiophene rings is 1. The van der Waals surface area contributed by atoms with E-state index in [9.17, 15) is 9.59 Å². The molecule has 3 rings (SSSR count). The van der Waals surface area contributed by atoms with Crippen LogP contribution in [0.25, 0.3) is 10.2 Å². The molecular formula is C15H10N2O2S. The minimum atomic E-state index is -0.492. The van der Waals surface area contributed by atoms with Gasteiger partial charge in [-0.25, -0.2) is 4.79 Å². The third-order valence-corrected chi connectivity index (χ3v) is 3.74. The maximum atomic E-state index is 11.6. The minimum Gasteiger partial charge on any atom is -0.298 e. The predicted octanol–water partition coefficient (Wildman–Crippen LogP) is 1.87. The van der Waals surface area contributed by atoms with Gasteiger partial charge in [-0.3, -0.25) is 14.8 Å². The Balaban J connectivity index is 1.91. The SMILES string of the molecule is O=c1[nH]c(=O)c2cc(C#CCc3ccccc3)sc2[nH]1. The summed E-state index contributed by atoms with van der Waals surface area (Å²) >= 11 is 1.31. The van der Waals surface area contributed by atoms with Crippen LogP contribution in [0, 0.1) is 11.8 Å². The molecule has 0 unspecified atom stereocenters.